The number of nitrogens with two attached hydrogens (primary N) is 1. The summed E-state index contributed by atoms with van der Waals surface area (Å²) >= 11 is 21.5. The number of carboxylic acids is 1. The van der Waals surface area contributed by atoms with Gasteiger partial charge in [-0.05, 0) is 115 Å². The largest absolute Gasteiger partial charge is 0.508 e. The lowest BCUT2D eigenvalue weighted by Gasteiger charge is -2.46. The molecule has 7 heterocycles. The lowest BCUT2D eigenvalue weighted by Crippen LogP contribution is -2.65. The van der Waals surface area contributed by atoms with Crippen molar-refractivity contribution in [1.29, 1.82) is 0 Å². The van der Waals surface area contributed by atoms with Crippen LogP contribution in [0.2, 0.25) is 15.1 Å². The van der Waals surface area contributed by atoms with Gasteiger partial charge in [0.1, 0.15) is 119 Å². The molecule has 7 aromatic rings. The Morgan fingerprint density at radius 2 is 1.30 bits per heavy atom. The number of phenolic OH excluding ortho intramolecular Hbond substituents is 3. The molecule has 22 N–H and O–H groups in total. The number of carboxylic acid groups (broad SMARTS) is 1. The molecule has 0 radical (unpaired) electrons. The van der Waals surface area contributed by atoms with Crippen LogP contribution in [-0.4, -0.2) is 220 Å². The summed E-state index contributed by atoms with van der Waals surface area (Å²) in [7, 11) is 1.47. The quantitative estimate of drug-likeness (QED) is 0.0485. The first-order chi connectivity index (χ1) is 55.1. The highest BCUT2D eigenvalue weighted by Gasteiger charge is 2.52. The third kappa shape index (κ3) is 19.6. The van der Waals surface area contributed by atoms with Gasteiger partial charge in [-0.25, -0.2) is 9.78 Å². The van der Waals surface area contributed by atoms with Crippen molar-refractivity contribution in [3.63, 3.8) is 0 Å². The van der Waals surface area contributed by atoms with Crippen LogP contribution >= 0.6 is 46.1 Å². The number of benzene rings is 6. The number of carbonyl (C=O) groups excluding carboxylic acids is 7. The number of aliphatic carboxylic acids is 1. The summed E-state index contributed by atoms with van der Waals surface area (Å²) < 4.78 is 37.9. The van der Waals surface area contributed by atoms with E-state index in [-0.39, 0.29) is 54.3 Å². The number of aliphatic hydroxyl groups is 8. The number of likely N-dealkylation sites (N-methyl/N-ethyl adjacent to an activating group) is 1. The standard InChI is InChI=1S/C76H83Cl3N10O26S/c1-29(2)15-42(81-4)69(103)89-59-61(97)34-9-14-48(41(79)18-34)111-50-20-35-19-49(67(50)114-76-66(102)64(100)68(52(26-90)113-76)115-75-65(101)63(99)62(98)51(112-75)24-82-25-54-85-44(27-116-54)31-5-10-36(77)11-6-31)110-47-13-8-33(17-40(47)78)60(96)58(83-28-91)72(106)88-57(74(108)109)39-21-37(92)22-46(94)55(39)38-16-32(7-12-45(38)93)30(3)84-71(105)56(35)87-70(104)43(23-53(80)95)86-73(59)107/h5-14,16-22,27-30,42-43,51-52,56-66,68,75-76,81-82,90,92-94,96-102H,15,23-26H2,1-4H3,(H2,80,95)(H,83,91)(H,84,105)(H,86,107)(H,87,104)(H,88,106)(H,89,103)(H,108,109)/t30-,42+,43-,51+,52+,56+,57?,58-,59?,60+,61+,62-,63-,64+,65+,66+,68+,75-,76-/m0/s1. The highest BCUT2D eigenvalue weighted by Crippen LogP contribution is 2.50. The van der Waals surface area contributed by atoms with Crippen molar-refractivity contribution in [2.75, 3.05) is 20.2 Å². The van der Waals surface area contributed by atoms with Gasteiger partial charge >= 0.3 is 5.97 Å². The van der Waals surface area contributed by atoms with Gasteiger partial charge in [0.15, 0.2) is 23.8 Å². The van der Waals surface area contributed by atoms with Crippen LogP contribution in [0, 0.1) is 5.92 Å². The summed E-state index contributed by atoms with van der Waals surface area (Å²) in [5.41, 5.74) is 4.78. The monoisotopic (exact) mass is 1690 g/mol. The zero-order chi connectivity index (χ0) is 84.0. The zero-order valence-corrected chi connectivity index (χ0v) is 64.8. The summed E-state index contributed by atoms with van der Waals surface area (Å²) in [5, 5.41) is 161. The second-order valence-corrected chi connectivity index (χ2v) is 30.3. The first kappa shape index (κ1) is 86.7. The number of ether oxygens (including phenoxy) is 6. The van der Waals surface area contributed by atoms with Gasteiger partial charge in [0, 0.05) is 51.8 Å². The molecule has 6 aliphatic rings. The smallest absolute Gasteiger partial charge is 0.330 e. The molecule has 6 aromatic carbocycles. The minimum atomic E-state index is -2.34. The Balaban J connectivity index is 1.04. The Labute approximate surface area is 678 Å². The minimum Gasteiger partial charge on any atom is -0.508 e. The first-order valence-corrected chi connectivity index (χ1v) is 38.0. The predicted molar refractivity (Wildman–Crippen MR) is 409 cm³/mol. The van der Waals surface area contributed by atoms with E-state index in [4.69, 9.17) is 69.0 Å². The molecule has 40 heteroatoms. The molecule has 0 spiro atoms. The minimum absolute atomic E-state index is 0.000123. The molecule has 6 aliphatic heterocycles. The Morgan fingerprint density at radius 1 is 0.681 bits per heavy atom. The Morgan fingerprint density at radius 3 is 1.91 bits per heavy atom. The maximum absolute atomic E-state index is 15.8. The number of aromatic hydroxyl groups is 3. The van der Waals surface area contributed by atoms with Gasteiger partial charge < -0.3 is 138 Å². The zero-order valence-electron chi connectivity index (χ0n) is 61.7. The van der Waals surface area contributed by atoms with Gasteiger partial charge in [-0.1, -0.05) is 79.0 Å². The van der Waals surface area contributed by atoms with Crippen LogP contribution in [0.3, 0.4) is 0 Å². The molecule has 9 bridgehead atoms. The number of primary amides is 1. The van der Waals surface area contributed by atoms with E-state index in [1.165, 1.54) is 37.4 Å². The summed E-state index contributed by atoms with van der Waals surface area (Å²) in [6.45, 7) is 3.86. The van der Waals surface area contributed by atoms with Crippen LogP contribution in [0.1, 0.15) is 96.8 Å². The molecule has 2 saturated heterocycles. The topological polar surface area (TPSA) is 570 Å². The van der Waals surface area contributed by atoms with Crippen LogP contribution < -0.4 is 62.5 Å². The first-order valence-electron chi connectivity index (χ1n) is 36.0. The van der Waals surface area contributed by atoms with Crippen molar-refractivity contribution in [1.82, 2.24) is 47.5 Å². The van der Waals surface area contributed by atoms with Crippen molar-refractivity contribution in [3.05, 3.63) is 156 Å². The van der Waals surface area contributed by atoms with Crippen molar-refractivity contribution < 1.29 is 128 Å². The van der Waals surface area contributed by atoms with Crippen LogP contribution in [0.4, 0.5) is 0 Å². The number of thiazole rings is 1. The molecule has 1 aromatic heterocycles. The Bertz CT molecular complexity index is 4820. The Hall–Kier alpha value is -10.1. The molecule has 2 unspecified atom stereocenters. The molecule has 36 nitrogen and oxygen atoms in total. The summed E-state index contributed by atoms with van der Waals surface area (Å²) in [6, 6.07) is 7.75. The fourth-order valence-electron chi connectivity index (χ4n) is 13.5. The maximum atomic E-state index is 15.8. The number of halogens is 3. The molecular formula is C76H83Cl3N10O26S. The van der Waals surface area contributed by atoms with Crippen LogP contribution in [-0.2, 0) is 59.1 Å². The second-order valence-electron chi connectivity index (χ2n) is 28.1. The molecule has 116 heavy (non-hydrogen) atoms. The predicted octanol–water partition coefficient (Wildman–Crippen LogP) is 1.90. The lowest BCUT2D eigenvalue weighted by atomic mass is 9.90. The van der Waals surface area contributed by atoms with Gasteiger partial charge in [-0.15, -0.1) is 11.3 Å². The van der Waals surface area contributed by atoms with Crippen molar-refractivity contribution >= 4 is 94.0 Å². The van der Waals surface area contributed by atoms with Crippen molar-refractivity contribution in [2.45, 2.75) is 156 Å². The number of fused-ring (bicyclic) bond motifs is 16. The van der Waals surface area contributed by atoms with E-state index in [9.17, 15) is 90.0 Å². The van der Waals surface area contributed by atoms with Gasteiger partial charge in [-0.3, -0.25) is 33.6 Å². The van der Waals surface area contributed by atoms with Gasteiger partial charge in [-0.2, -0.15) is 0 Å². The number of carbonyl (C=O) groups is 8. The second kappa shape index (κ2) is 37.4. The highest BCUT2D eigenvalue weighted by atomic mass is 35.5. The lowest BCUT2D eigenvalue weighted by molar-refractivity contribution is -0.350. The van der Waals surface area contributed by atoms with E-state index in [0.29, 0.717) is 15.7 Å². The van der Waals surface area contributed by atoms with E-state index in [1.54, 1.807) is 24.3 Å². The molecule has 19 atom stereocenters. The van der Waals surface area contributed by atoms with E-state index in [2.05, 4.69) is 47.5 Å². The van der Waals surface area contributed by atoms with E-state index in [1.807, 2.05) is 19.2 Å². The molecule has 0 aliphatic carbocycles. The maximum Gasteiger partial charge on any atom is 0.330 e. The average Bonchev–Trinajstić information content (AvgIpc) is 0.841. The number of amides is 7. The van der Waals surface area contributed by atoms with E-state index in [0.717, 1.165) is 72.3 Å². The summed E-state index contributed by atoms with van der Waals surface area (Å²) in [4.78, 5) is 118. The summed E-state index contributed by atoms with van der Waals surface area (Å²) in [6.07, 6.45) is -24.6. The molecule has 0 saturated carbocycles. The fraction of sp³-hybridized carbons (Fsp3) is 0.382. The van der Waals surface area contributed by atoms with E-state index >= 15 is 9.59 Å². The number of aromatic nitrogens is 1. The SMILES string of the molecule is CN[C@H](CC(C)C)C(=O)NC1C(=O)N[C@@H](CC(N)=O)C(=O)N[C@H]2C(=O)N[C@@H](C)c3ccc(O)c(c3)-c3c(O)cc(O)cc3C(C(=O)O)NC(=O)[C@@H](NC=O)[C@H](O)c3ccc(c(Cl)c3)Oc3cc2cc(c3O[C@@H]2O[C@H](CO)[C@@H](O[C@@H]3O[C@H](CNCc4nc(-c5ccc(Cl)cc5)cs4)[C@H](O)[C@H](O)[C@H]3O)[C@H](O)[C@H]2O)Oc2ccc(cc2Cl)[C@H]1O. The highest BCUT2D eigenvalue weighted by molar-refractivity contribution is 7.09. The van der Waals surface area contributed by atoms with E-state index < -0.39 is 243 Å². The molecule has 620 valence electrons. The van der Waals surface area contributed by atoms with Gasteiger partial charge in [0.25, 0.3) is 0 Å². The number of nitrogens with zero attached hydrogens (tertiary/aromatic N) is 1. The van der Waals surface area contributed by atoms with Gasteiger partial charge in [0.2, 0.25) is 53.9 Å². The molecule has 13 rings (SSSR count). The number of nitrogens with one attached hydrogen (secondary N) is 8. The number of rotatable bonds is 20. The summed E-state index contributed by atoms with van der Waals surface area (Å²) in [5.74, 6) is -14.5. The molecule has 2 fully saturated rings. The molecule has 7 amide bonds. The number of hydrogen-bond donors (Lipinski definition) is 21. The Kier molecular flexibility index (Phi) is 28.0. The van der Waals surface area contributed by atoms with Crippen LogP contribution in [0.5, 0.6) is 46.0 Å². The van der Waals surface area contributed by atoms with Crippen molar-refractivity contribution in [2.24, 2.45) is 11.7 Å². The average molecular weight is 1690 g/mol. The normalized spacial score (nSPS) is 26.8. The van der Waals surface area contributed by atoms with Crippen LogP contribution in [0.25, 0.3) is 22.4 Å². The van der Waals surface area contributed by atoms with Crippen LogP contribution in [0.15, 0.2) is 109 Å². The van der Waals surface area contributed by atoms with Gasteiger partial charge in [0.05, 0.1) is 40.9 Å². The fourth-order valence-corrected chi connectivity index (χ4v) is 14.9. The number of hydrogen-bond acceptors (Lipinski definition) is 29. The third-order valence-corrected chi connectivity index (χ3v) is 21.3. The number of phenols is 3. The number of aliphatic hydroxyl groups excluding tert-OH is 8. The molecular weight excluding hydrogens is 1610 g/mol. The third-order valence-electron chi connectivity index (χ3n) is 19.6. The van der Waals surface area contributed by atoms with Crippen molar-refractivity contribution in [3.8, 4) is 68.4 Å².